The molecule has 0 bridgehead atoms. The lowest BCUT2D eigenvalue weighted by Gasteiger charge is -2.37. The van der Waals surface area contributed by atoms with E-state index in [0.29, 0.717) is 44.2 Å². The molecule has 7 heteroatoms. The van der Waals surface area contributed by atoms with Gasteiger partial charge >= 0.3 is 6.03 Å². The second-order valence-electron chi connectivity index (χ2n) is 6.89. The predicted octanol–water partition coefficient (Wildman–Crippen LogP) is 2.69. The van der Waals surface area contributed by atoms with Crippen LogP contribution in [0.5, 0.6) is 0 Å². The lowest BCUT2D eigenvalue weighted by molar-refractivity contribution is -0.00539. The third-order valence-electron chi connectivity index (χ3n) is 4.49. The molecule has 2 aliphatic heterocycles. The Labute approximate surface area is 147 Å². The molecule has 0 saturated carbocycles. The van der Waals surface area contributed by atoms with Gasteiger partial charge < -0.3 is 24.6 Å². The molecule has 2 heterocycles. The largest absolute Gasteiger partial charge is 0.375 e. The Bertz CT molecular complexity index is 618. The van der Waals surface area contributed by atoms with E-state index in [1.165, 1.54) is 6.07 Å². The quantitative estimate of drug-likeness (QED) is 0.890. The monoisotopic (exact) mass is 351 g/mol. The number of hydrogen-bond donors (Lipinski definition) is 1. The highest BCUT2D eigenvalue weighted by Crippen LogP contribution is 2.26. The summed E-state index contributed by atoms with van der Waals surface area (Å²) in [7, 11) is 0. The average molecular weight is 351 g/mol. The van der Waals surface area contributed by atoms with Crippen LogP contribution >= 0.6 is 0 Å². The molecule has 1 N–H and O–H groups in total. The lowest BCUT2D eigenvalue weighted by Crippen LogP contribution is -2.46. The van der Waals surface area contributed by atoms with E-state index in [1.807, 2.05) is 25.7 Å². The van der Waals surface area contributed by atoms with Crippen LogP contribution in [0, 0.1) is 5.82 Å². The normalized spacial score (nSPS) is 27.3. The number of benzene rings is 1. The smallest absolute Gasteiger partial charge is 0.322 e. The zero-order chi connectivity index (χ0) is 18.0. The van der Waals surface area contributed by atoms with E-state index in [4.69, 9.17) is 9.47 Å². The van der Waals surface area contributed by atoms with Gasteiger partial charge in [-0.05, 0) is 39.0 Å². The number of amides is 2. The van der Waals surface area contributed by atoms with Crippen LogP contribution in [-0.4, -0.2) is 62.0 Å². The highest BCUT2D eigenvalue weighted by molar-refractivity contribution is 5.89. The average Bonchev–Trinajstić information content (AvgIpc) is 2.54. The Morgan fingerprint density at radius 1 is 1.16 bits per heavy atom. The fraction of sp³-hybridized carbons (Fsp3) is 0.611. The minimum atomic E-state index is -0.338. The molecule has 3 atom stereocenters. The van der Waals surface area contributed by atoms with Crippen LogP contribution in [-0.2, 0) is 9.47 Å². The van der Waals surface area contributed by atoms with Gasteiger partial charge in [-0.1, -0.05) is 0 Å². The van der Waals surface area contributed by atoms with Gasteiger partial charge in [0, 0.05) is 31.9 Å². The van der Waals surface area contributed by atoms with Crippen LogP contribution in [0.25, 0.3) is 0 Å². The van der Waals surface area contributed by atoms with Crippen LogP contribution in [0.3, 0.4) is 0 Å². The van der Waals surface area contributed by atoms with E-state index in [9.17, 15) is 9.18 Å². The summed E-state index contributed by atoms with van der Waals surface area (Å²) in [4.78, 5) is 16.0. The minimum absolute atomic E-state index is 0.0175. The number of hydrogen-bond acceptors (Lipinski definition) is 4. The van der Waals surface area contributed by atoms with Crippen LogP contribution in [0.2, 0.25) is 0 Å². The molecule has 2 fully saturated rings. The SMILES string of the molecule is C[C@@H]1CN(C(=O)Nc2ccc(N3C[C@H](C)O[C@@H](C)C3)c(F)c2)CCO1. The summed E-state index contributed by atoms with van der Waals surface area (Å²) in [6, 6.07) is 4.61. The molecule has 25 heavy (non-hydrogen) atoms. The first-order chi connectivity index (χ1) is 11.9. The zero-order valence-corrected chi connectivity index (χ0v) is 15.0. The maximum Gasteiger partial charge on any atom is 0.322 e. The number of ether oxygens (including phenoxy) is 2. The number of rotatable bonds is 2. The van der Waals surface area contributed by atoms with Crippen LogP contribution in [0.1, 0.15) is 20.8 Å². The number of anilines is 2. The summed E-state index contributed by atoms with van der Waals surface area (Å²) in [5, 5.41) is 2.77. The van der Waals surface area contributed by atoms with Crippen molar-refractivity contribution in [1.82, 2.24) is 4.90 Å². The number of halogens is 1. The third kappa shape index (κ3) is 4.41. The van der Waals surface area contributed by atoms with Crippen molar-refractivity contribution in [2.75, 3.05) is 43.0 Å². The van der Waals surface area contributed by atoms with Gasteiger partial charge in [-0.2, -0.15) is 0 Å². The van der Waals surface area contributed by atoms with E-state index in [2.05, 4.69) is 5.32 Å². The standard InChI is InChI=1S/C18H26FN3O3/c1-12-9-21(6-7-24-12)18(23)20-15-4-5-17(16(19)8-15)22-10-13(2)25-14(3)11-22/h4-5,8,12-14H,6-7,9-11H2,1-3H3,(H,20,23)/t12-,13+,14+/m1/s1. The van der Waals surface area contributed by atoms with Crippen LogP contribution in [0.4, 0.5) is 20.6 Å². The number of carbonyl (C=O) groups is 1. The zero-order valence-electron chi connectivity index (χ0n) is 15.0. The summed E-state index contributed by atoms with van der Waals surface area (Å²) in [5.41, 5.74) is 1.000. The summed E-state index contributed by atoms with van der Waals surface area (Å²) in [6.07, 6.45) is 0.139. The van der Waals surface area contributed by atoms with Crippen molar-refractivity contribution in [1.29, 1.82) is 0 Å². The van der Waals surface area contributed by atoms with Crippen LogP contribution < -0.4 is 10.2 Å². The van der Waals surface area contributed by atoms with E-state index in [0.717, 1.165) is 0 Å². The molecule has 2 aliphatic rings. The van der Waals surface area contributed by atoms with Gasteiger partial charge in [0.15, 0.2) is 0 Å². The Hall–Kier alpha value is -1.86. The first kappa shape index (κ1) is 17.9. The first-order valence-corrected chi connectivity index (χ1v) is 8.80. The number of carbonyl (C=O) groups excluding carboxylic acids is 1. The Balaban J connectivity index is 1.66. The minimum Gasteiger partial charge on any atom is -0.375 e. The fourth-order valence-electron chi connectivity index (χ4n) is 3.42. The Morgan fingerprint density at radius 3 is 2.52 bits per heavy atom. The maximum atomic E-state index is 14.6. The van der Waals surface area contributed by atoms with E-state index in [1.54, 1.807) is 17.0 Å². The van der Waals surface area contributed by atoms with Crippen molar-refractivity contribution in [3.8, 4) is 0 Å². The summed E-state index contributed by atoms with van der Waals surface area (Å²) in [6.45, 7) is 8.80. The number of urea groups is 1. The molecule has 2 saturated heterocycles. The number of nitrogens with zero attached hydrogens (tertiary/aromatic N) is 2. The van der Waals surface area contributed by atoms with Gasteiger partial charge in [-0.25, -0.2) is 9.18 Å². The molecule has 6 nitrogen and oxygen atoms in total. The second kappa shape index (κ2) is 7.58. The molecule has 0 radical (unpaired) electrons. The van der Waals surface area contributed by atoms with Gasteiger partial charge in [-0.15, -0.1) is 0 Å². The Kier molecular flexibility index (Phi) is 5.44. The van der Waals surface area contributed by atoms with Crippen molar-refractivity contribution in [3.63, 3.8) is 0 Å². The number of nitrogens with one attached hydrogen (secondary N) is 1. The molecule has 0 aliphatic carbocycles. The van der Waals surface area contributed by atoms with Crippen LogP contribution in [0.15, 0.2) is 18.2 Å². The molecule has 0 unspecified atom stereocenters. The highest BCUT2D eigenvalue weighted by Gasteiger charge is 2.25. The highest BCUT2D eigenvalue weighted by atomic mass is 19.1. The van der Waals surface area contributed by atoms with Gasteiger partial charge in [0.25, 0.3) is 0 Å². The van der Waals surface area contributed by atoms with E-state index >= 15 is 0 Å². The Morgan fingerprint density at radius 2 is 1.88 bits per heavy atom. The lowest BCUT2D eigenvalue weighted by atomic mass is 10.2. The predicted molar refractivity (Wildman–Crippen MR) is 94.6 cm³/mol. The maximum absolute atomic E-state index is 14.6. The summed E-state index contributed by atoms with van der Waals surface area (Å²) < 4.78 is 25.7. The molecule has 2 amide bonds. The molecular formula is C18H26FN3O3. The third-order valence-corrected chi connectivity index (χ3v) is 4.49. The molecule has 1 aromatic rings. The van der Waals surface area contributed by atoms with E-state index in [-0.39, 0.29) is 30.2 Å². The molecule has 0 aromatic heterocycles. The molecule has 138 valence electrons. The topological polar surface area (TPSA) is 54.0 Å². The molecular weight excluding hydrogens is 325 g/mol. The summed E-state index contributed by atoms with van der Waals surface area (Å²) >= 11 is 0. The molecule has 1 aromatic carbocycles. The van der Waals surface area contributed by atoms with Gasteiger partial charge in [0.05, 0.1) is 30.6 Å². The first-order valence-electron chi connectivity index (χ1n) is 8.80. The summed E-state index contributed by atoms with van der Waals surface area (Å²) in [5.74, 6) is -0.338. The van der Waals surface area contributed by atoms with Gasteiger partial charge in [-0.3, -0.25) is 0 Å². The molecule has 0 spiro atoms. The van der Waals surface area contributed by atoms with Crippen molar-refractivity contribution in [2.24, 2.45) is 0 Å². The van der Waals surface area contributed by atoms with Gasteiger partial charge in [0.2, 0.25) is 0 Å². The van der Waals surface area contributed by atoms with Crippen molar-refractivity contribution in [3.05, 3.63) is 24.0 Å². The van der Waals surface area contributed by atoms with Gasteiger partial charge in [0.1, 0.15) is 5.82 Å². The molecule has 3 rings (SSSR count). The fourth-order valence-corrected chi connectivity index (χ4v) is 3.42. The van der Waals surface area contributed by atoms with Crippen molar-refractivity contribution >= 4 is 17.4 Å². The van der Waals surface area contributed by atoms with Crippen molar-refractivity contribution in [2.45, 2.75) is 39.1 Å². The second-order valence-corrected chi connectivity index (χ2v) is 6.89. The van der Waals surface area contributed by atoms with E-state index < -0.39 is 0 Å². The number of morpholine rings is 2. The van der Waals surface area contributed by atoms with Crippen molar-refractivity contribution < 1.29 is 18.7 Å².